The minimum absolute atomic E-state index is 0.0923. The lowest BCUT2D eigenvalue weighted by Crippen LogP contribution is -2.54. The van der Waals surface area contributed by atoms with Gasteiger partial charge in [0, 0.05) is 103 Å². The molecule has 6 N–H and O–H groups in total. The Kier molecular flexibility index (Phi) is 73.9. The van der Waals surface area contributed by atoms with Crippen LogP contribution in [0.15, 0.2) is 79.4 Å². The molecule has 808 valence electrons. The van der Waals surface area contributed by atoms with E-state index in [1.165, 1.54) is 128 Å². The van der Waals surface area contributed by atoms with Gasteiger partial charge in [0.2, 0.25) is 0 Å². The maximum Gasteiger partial charge on any atom is 0.407 e. The first-order chi connectivity index (χ1) is 69.0. The van der Waals surface area contributed by atoms with E-state index >= 15 is 0 Å². The Morgan fingerprint density at radius 2 is 0.394 bits per heavy atom. The van der Waals surface area contributed by atoms with E-state index < -0.39 is 94.6 Å². The summed E-state index contributed by atoms with van der Waals surface area (Å²) in [6.07, 6.45) is 49.2. The van der Waals surface area contributed by atoms with Gasteiger partial charge in [-0.15, -0.1) is 0 Å². The molecule has 38 nitrogen and oxygen atoms in total. The maximum atomic E-state index is 13.9. The van der Waals surface area contributed by atoms with E-state index in [0.717, 1.165) is 140 Å². The van der Waals surface area contributed by atoms with Crippen LogP contribution in [0.2, 0.25) is 0 Å². The molecule has 3 rings (SSSR count). The Balaban J connectivity index is 1.43. The molecule has 0 spiro atoms. The molecular weight excluding hydrogens is 1830 g/mol. The van der Waals surface area contributed by atoms with E-state index in [1.54, 1.807) is 0 Å². The lowest BCUT2D eigenvalue weighted by Gasteiger charge is -2.44. The number of unbranched alkanes of at least 4 members (excludes halogenated alkanes) is 36. The fourth-order valence-electron chi connectivity index (χ4n) is 17.7. The van der Waals surface area contributed by atoms with Crippen molar-refractivity contribution < 1.29 is 95.3 Å². The van der Waals surface area contributed by atoms with Gasteiger partial charge >= 0.3 is 94.6 Å². The van der Waals surface area contributed by atoms with Crippen molar-refractivity contribution >= 4 is 60.4 Å². The molecule has 1 saturated carbocycles. The number of alkyl carbamates (subject to hydrolysis) is 6. The highest BCUT2D eigenvalue weighted by Crippen LogP contribution is 2.48. The number of carbonyl (C=O) groups excluding carboxylic acids is 10. The molecule has 1 aliphatic carbocycles. The number of nitrogens with one attached hydrogen (secondary N) is 6. The predicted octanol–water partition coefficient (Wildman–Crippen LogP) is 16.4. The minimum Gasteiger partial charge on any atom is -0.459 e. The zero-order valence-electron chi connectivity index (χ0n) is 86.1. The lowest BCUT2D eigenvalue weighted by atomic mass is 9.61. The highest BCUT2D eigenvalue weighted by atomic mass is 16.6. The van der Waals surface area contributed by atoms with Crippen LogP contribution in [0, 0.1) is 23.7 Å². The van der Waals surface area contributed by atoms with Crippen molar-refractivity contribution in [1.29, 1.82) is 0 Å². The fraction of sp³-hybridized carbons (Fsp3) is 0.769. The van der Waals surface area contributed by atoms with E-state index in [4.69, 9.17) is 47.4 Å². The Morgan fingerprint density at radius 3 is 0.613 bits per heavy atom. The Hall–Kier alpha value is -10.7. The van der Waals surface area contributed by atoms with Crippen molar-refractivity contribution in [1.82, 2.24) is 59.3 Å². The lowest BCUT2D eigenvalue weighted by molar-refractivity contribution is -0.139. The smallest absolute Gasteiger partial charge is 0.407 e. The number of carbonyl (C=O) groups is 10. The van der Waals surface area contributed by atoms with Crippen molar-refractivity contribution in [3.63, 3.8) is 0 Å². The van der Waals surface area contributed by atoms with Crippen molar-refractivity contribution in [2.45, 2.75) is 387 Å². The molecule has 142 heavy (non-hydrogen) atoms. The number of nitrogens with zero attached hydrogens (tertiary/aromatic N) is 6. The van der Waals surface area contributed by atoms with Crippen LogP contribution in [0.4, 0.5) is 28.8 Å². The zero-order valence-corrected chi connectivity index (χ0v) is 86.1. The summed E-state index contributed by atoms with van der Waals surface area (Å²) >= 11 is 0. The average molecular weight is 2010 g/mol. The topological polar surface area (TPSA) is 467 Å². The summed E-state index contributed by atoms with van der Waals surface area (Å²) in [6, 6.07) is 0. The van der Waals surface area contributed by atoms with Crippen molar-refractivity contribution in [2.75, 3.05) is 105 Å². The first-order valence-corrected chi connectivity index (χ1v) is 53.5. The molecule has 4 unspecified atom stereocenters. The molecule has 0 aliphatic heterocycles. The van der Waals surface area contributed by atoms with Crippen LogP contribution in [0.25, 0.3) is 0 Å². The minimum atomic E-state index is -0.678. The molecule has 2 aromatic heterocycles. The summed E-state index contributed by atoms with van der Waals surface area (Å²) in [4.78, 5) is 201. The maximum absolute atomic E-state index is 13.9. The van der Waals surface area contributed by atoms with Gasteiger partial charge in [0.05, 0.1) is 13.2 Å². The number of hydrogen-bond donors (Lipinski definition) is 6. The number of amides is 6. The van der Waals surface area contributed by atoms with Gasteiger partial charge < -0.3 is 79.3 Å². The van der Waals surface area contributed by atoms with E-state index in [2.05, 4.69) is 72.1 Å². The van der Waals surface area contributed by atoms with Gasteiger partial charge in [0.1, 0.15) is 52.9 Å². The van der Waals surface area contributed by atoms with E-state index in [9.17, 15) is 76.7 Å². The number of esters is 4. The first kappa shape index (κ1) is 125. The third-order valence-corrected chi connectivity index (χ3v) is 25.5. The van der Waals surface area contributed by atoms with Crippen LogP contribution in [0.1, 0.15) is 348 Å². The molecule has 1 aliphatic rings. The summed E-state index contributed by atoms with van der Waals surface area (Å²) in [7, 11) is 0. The molecule has 6 amide bonds. The third kappa shape index (κ3) is 60.0. The molecule has 0 aromatic carbocycles. The van der Waals surface area contributed by atoms with Crippen molar-refractivity contribution in [3.8, 4) is 0 Å². The van der Waals surface area contributed by atoms with Gasteiger partial charge in [-0.2, -0.15) is 0 Å². The van der Waals surface area contributed by atoms with Gasteiger partial charge in [-0.1, -0.05) is 258 Å². The zero-order chi connectivity index (χ0) is 103. The van der Waals surface area contributed by atoms with E-state index in [-0.39, 0.29) is 92.1 Å². The third-order valence-electron chi connectivity index (χ3n) is 25.5. The van der Waals surface area contributed by atoms with Gasteiger partial charge in [-0.25, -0.2) is 104 Å². The molecule has 0 saturated heterocycles. The summed E-state index contributed by atoms with van der Waals surface area (Å²) in [5.74, 6) is 0.665. The highest BCUT2D eigenvalue weighted by Gasteiger charge is 2.38. The number of rotatable bonds is 88. The predicted molar refractivity (Wildman–Crippen MR) is 545 cm³/mol. The molecule has 4 atom stereocenters. The Bertz CT molecular complexity index is 4100. The summed E-state index contributed by atoms with van der Waals surface area (Å²) < 4.78 is 57.1. The van der Waals surface area contributed by atoms with Gasteiger partial charge in [-0.3, -0.25) is 0 Å². The molecule has 0 bridgehead atoms. The second kappa shape index (κ2) is 83.7. The van der Waals surface area contributed by atoms with Crippen LogP contribution >= 0.6 is 0 Å². The van der Waals surface area contributed by atoms with Crippen LogP contribution in [0.3, 0.4) is 0 Å². The van der Waals surface area contributed by atoms with Gasteiger partial charge in [0.25, 0.3) is 0 Å². The molecular formula is C104H176N12O26. The molecule has 2 aromatic rings. The van der Waals surface area contributed by atoms with Crippen molar-refractivity contribution in [3.05, 3.63) is 114 Å². The Labute approximate surface area is 840 Å². The number of ether oxygens (including phenoxy) is 10. The average Bonchev–Trinajstić information content (AvgIpc) is 0.786. The van der Waals surface area contributed by atoms with E-state index in [1.807, 2.05) is 0 Å². The van der Waals surface area contributed by atoms with Crippen LogP contribution in [0.5, 0.6) is 0 Å². The SMILES string of the molecule is C=CC(=O)OCCOC(=O)NCCCCCCn1c(=O)n(CCCCCCNC(=O)OCCCCCCCCC2CCC(CCCCCC)C(CCCCCCCC)C2CCCCCCCCOC(=O)NCCCCCCn2c(=O)n(CCCCCCNC(=O)OCCOC(=O)C=C)c(=O)n(CCCCCCNC(=O)OCCOC(=O)C=C)c2=O)c(=O)n(CCCCCCNC(=O)OCCOC(=O)C=C)c1=O. The first-order valence-electron chi connectivity index (χ1n) is 53.5. The molecule has 2 heterocycles. The normalized spacial score (nSPS) is 13.7. The second-order valence-electron chi connectivity index (χ2n) is 36.6. The van der Waals surface area contributed by atoms with Gasteiger partial charge in [-0.05, 0) is 139 Å². The Morgan fingerprint density at radius 1 is 0.225 bits per heavy atom. The standard InChI is InChI=1S/C104H176N12O26/c1-7-13-15-17-23-41-59-87-85(57-39-16-14-8-2)61-62-86(58-40-22-18-20-37-55-75-137-93(121)105-63-43-25-31-49-69-111-99(127)113(71-51-33-27-45-65-107-95(123)139-81-77-133-89(117)9-3)103(131)114(100(111)128)72-52-34-28-46-66-108-96(124)140-82-78-134-90(118)10-4)88(87)60-42-24-19-21-38-56-76-138-94(122)106-64-44-26-32-50-70-112-101(129)115(73-53-35-29-47-67-109-97(125)141-83-79-135-91(119)11-5)104(132)116(102(112)130)74-54-36-30-48-68-110-98(126)142-84-80-136-92(120)12-6/h9-12,85-88H,3-8,13-84H2,1-2H3,(H,105,121)(H,106,122)(H,107,123)(H,108,124)(H,109,125)(H,110,126). The quantitative estimate of drug-likeness (QED) is 0.0155. The van der Waals surface area contributed by atoms with Crippen LogP contribution < -0.4 is 66.0 Å². The molecule has 1 fully saturated rings. The summed E-state index contributed by atoms with van der Waals surface area (Å²) in [5, 5.41) is 16.3. The van der Waals surface area contributed by atoms with E-state index in [0.29, 0.717) is 194 Å². The number of hydrogen-bond acceptors (Lipinski definition) is 26. The summed E-state index contributed by atoms with van der Waals surface area (Å²) in [5.41, 5.74) is -4.04. The molecule has 0 radical (unpaired) electrons. The van der Waals surface area contributed by atoms with Crippen LogP contribution in [-0.4, -0.2) is 193 Å². The highest BCUT2D eigenvalue weighted by molar-refractivity contribution is 5.82. The second-order valence-corrected chi connectivity index (χ2v) is 36.6. The van der Waals surface area contributed by atoms with Crippen molar-refractivity contribution in [2.24, 2.45) is 23.7 Å². The molecule has 38 heteroatoms. The van der Waals surface area contributed by atoms with Gasteiger partial charge in [0.15, 0.2) is 0 Å². The van der Waals surface area contributed by atoms with Crippen LogP contribution in [-0.2, 0) is 106 Å². The monoisotopic (exact) mass is 2010 g/mol. The fourth-order valence-corrected chi connectivity index (χ4v) is 17.7. The largest absolute Gasteiger partial charge is 0.459 e. The summed E-state index contributed by atoms with van der Waals surface area (Å²) in [6.45, 7) is 20.4. The number of aromatic nitrogens is 6.